The van der Waals surface area contributed by atoms with E-state index in [9.17, 15) is 4.79 Å². The van der Waals surface area contributed by atoms with E-state index in [2.05, 4.69) is 4.74 Å². The van der Waals surface area contributed by atoms with Crippen molar-refractivity contribution in [2.24, 2.45) is 0 Å². The Morgan fingerprint density at radius 2 is 1.67 bits per heavy atom. The number of carbonyl (C=O) groups is 1. The molecular formula is C13H19O4P. The SMILES string of the molecule is CCOP(Cc1ccc(C(=O)OC)cc1)OCC. The van der Waals surface area contributed by atoms with E-state index in [1.807, 2.05) is 26.0 Å². The van der Waals surface area contributed by atoms with E-state index in [1.165, 1.54) is 7.11 Å². The molecule has 5 heteroatoms. The first kappa shape index (κ1) is 15.1. The van der Waals surface area contributed by atoms with Gasteiger partial charge in [-0.25, -0.2) is 4.79 Å². The van der Waals surface area contributed by atoms with Crippen LogP contribution >= 0.6 is 8.38 Å². The van der Waals surface area contributed by atoms with E-state index in [0.29, 0.717) is 18.8 Å². The van der Waals surface area contributed by atoms with Gasteiger partial charge < -0.3 is 13.8 Å². The van der Waals surface area contributed by atoms with Gasteiger partial charge >= 0.3 is 5.97 Å². The topological polar surface area (TPSA) is 44.8 Å². The second-order valence-corrected chi connectivity index (χ2v) is 5.01. The zero-order valence-corrected chi connectivity index (χ0v) is 11.9. The van der Waals surface area contributed by atoms with Crippen molar-refractivity contribution in [2.45, 2.75) is 20.0 Å². The van der Waals surface area contributed by atoms with Crippen molar-refractivity contribution in [1.29, 1.82) is 0 Å². The second kappa shape index (κ2) is 8.20. The molecule has 0 atom stereocenters. The first-order chi connectivity index (χ1) is 8.71. The second-order valence-electron chi connectivity index (χ2n) is 3.51. The molecule has 1 rings (SSSR count). The summed E-state index contributed by atoms with van der Waals surface area (Å²) in [6.07, 6.45) is 0.735. The highest BCUT2D eigenvalue weighted by Gasteiger charge is 2.11. The van der Waals surface area contributed by atoms with Crippen LogP contribution in [0.25, 0.3) is 0 Å². The third kappa shape index (κ3) is 4.73. The first-order valence-corrected chi connectivity index (χ1v) is 7.28. The number of ether oxygens (including phenoxy) is 1. The molecule has 1 aromatic rings. The Balaban J connectivity index is 2.63. The average Bonchev–Trinajstić information content (AvgIpc) is 2.39. The Hall–Kier alpha value is -0.960. The molecule has 0 bridgehead atoms. The van der Waals surface area contributed by atoms with Gasteiger partial charge in [-0.1, -0.05) is 12.1 Å². The molecule has 0 amide bonds. The minimum absolute atomic E-state index is 0.321. The maximum Gasteiger partial charge on any atom is 0.337 e. The summed E-state index contributed by atoms with van der Waals surface area (Å²) in [6, 6.07) is 7.32. The molecule has 0 aromatic heterocycles. The highest BCUT2D eigenvalue weighted by atomic mass is 31.2. The van der Waals surface area contributed by atoms with Gasteiger partial charge in [-0.2, -0.15) is 0 Å². The molecule has 0 aliphatic carbocycles. The van der Waals surface area contributed by atoms with E-state index in [0.717, 1.165) is 11.7 Å². The van der Waals surface area contributed by atoms with E-state index in [4.69, 9.17) is 9.05 Å². The van der Waals surface area contributed by atoms with Crippen molar-refractivity contribution >= 4 is 14.3 Å². The van der Waals surface area contributed by atoms with E-state index >= 15 is 0 Å². The number of methoxy groups -OCH3 is 1. The van der Waals surface area contributed by atoms with Crippen LogP contribution in [-0.4, -0.2) is 26.3 Å². The van der Waals surface area contributed by atoms with Crippen LogP contribution in [0, 0.1) is 0 Å². The quantitative estimate of drug-likeness (QED) is 0.563. The van der Waals surface area contributed by atoms with Crippen LogP contribution in [0.2, 0.25) is 0 Å². The zero-order valence-electron chi connectivity index (χ0n) is 11.0. The normalized spacial score (nSPS) is 10.7. The van der Waals surface area contributed by atoms with Crippen molar-refractivity contribution in [3.63, 3.8) is 0 Å². The highest BCUT2D eigenvalue weighted by Crippen LogP contribution is 2.41. The van der Waals surface area contributed by atoms with Crippen LogP contribution in [0.15, 0.2) is 24.3 Å². The summed E-state index contributed by atoms with van der Waals surface area (Å²) in [4.78, 5) is 11.3. The van der Waals surface area contributed by atoms with Gasteiger partial charge in [-0.15, -0.1) is 0 Å². The molecule has 0 aliphatic heterocycles. The van der Waals surface area contributed by atoms with E-state index in [-0.39, 0.29) is 5.97 Å². The summed E-state index contributed by atoms with van der Waals surface area (Å²) >= 11 is 0. The summed E-state index contributed by atoms with van der Waals surface area (Å²) in [5, 5.41) is 0. The van der Waals surface area contributed by atoms with Crippen LogP contribution in [0.4, 0.5) is 0 Å². The van der Waals surface area contributed by atoms with Crippen molar-refractivity contribution < 1.29 is 18.6 Å². The smallest absolute Gasteiger partial charge is 0.337 e. The number of esters is 1. The highest BCUT2D eigenvalue weighted by molar-refractivity contribution is 7.46. The minimum Gasteiger partial charge on any atom is -0.465 e. The van der Waals surface area contributed by atoms with E-state index in [1.54, 1.807) is 12.1 Å². The van der Waals surface area contributed by atoms with Crippen LogP contribution in [0.3, 0.4) is 0 Å². The zero-order chi connectivity index (χ0) is 13.4. The fraction of sp³-hybridized carbons (Fsp3) is 0.462. The number of benzene rings is 1. The third-order valence-electron chi connectivity index (χ3n) is 2.23. The van der Waals surface area contributed by atoms with Gasteiger partial charge in [0.05, 0.1) is 25.9 Å². The number of hydrogen-bond donors (Lipinski definition) is 0. The van der Waals surface area contributed by atoms with Gasteiger partial charge in [-0.3, -0.25) is 0 Å². The molecule has 1 aromatic carbocycles. The summed E-state index contributed by atoms with van der Waals surface area (Å²) < 4.78 is 15.7. The molecule has 0 saturated heterocycles. The fourth-order valence-electron chi connectivity index (χ4n) is 1.43. The molecule has 0 fully saturated rings. The monoisotopic (exact) mass is 270 g/mol. The fourth-order valence-corrected chi connectivity index (χ4v) is 2.77. The van der Waals surface area contributed by atoms with Crippen molar-refractivity contribution in [3.05, 3.63) is 35.4 Å². The Morgan fingerprint density at radius 1 is 1.11 bits per heavy atom. The lowest BCUT2D eigenvalue weighted by molar-refractivity contribution is 0.0600. The molecular weight excluding hydrogens is 251 g/mol. The van der Waals surface area contributed by atoms with Gasteiger partial charge in [0, 0.05) is 6.16 Å². The van der Waals surface area contributed by atoms with Crippen LogP contribution < -0.4 is 0 Å². The van der Waals surface area contributed by atoms with Gasteiger partial charge in [0.25, 0.3) is 0 Å². The average molecular weight is 270 g/mol. The van der Waals surface area contributed by atoms with Gasteiger partial charge in [0.15, 0.2) is 8.38 Å². The molecule has 0 radical (unpaired) electrons. The Kier molecular flexibility index (Phi) is 6.88. The summed E-state index contributed by atoms with van der Waals surface area (Å²) in [5.74, 6) is -0.321. The number of carbonyl (C=O) groups excluding carboxylic acids is 1. The summed E-state index contributed by atoms with van der Waals surface area (Å²) in [5.41, 5.74) is 1.65. The summed E-state index contributed by atoms with van der Waals surface area (Å²) in [6.45, 7) is 5.20. The number of hydrogen-bond acceptors (Lipinski definition) is 4. The molecule has 0 heterocycles. The standard InChI is InChI=1S/C13H19O4P/c1-4-16-18(17-5-2)10-11-6-8-12(9-7-11)13(14)15-3/h6-9H,4-5,10H2,1-3H3. The first-order valence-electron chi connectivity index (χ1n) is 5.91. The predicted molar refractivity (Wildman–Crippen MR) is 71.7 cm³/mol. The number of rotatable bonds is 7. The maximum absolute atomic E-state index is 11.3. The lowest BCUT2D eigenvalue weighted by atomic mass is 10.1. The maximum atomic E-state index is 11.3. The Morgan fingerprint density at radius 3 is 2.11 bits per heavy atom. The Bertz CT molecular complexity index is 358. The molecule has 0 unspecified atom stereocenters. The molecule has 18 heavy (non-hydrogen) atoms. The largest absolute Gasteiger partial charge is 0.465 e. The summed E-state index contributed by atoms with van der Waals surface area (Å²) in [7, 11) is 0.493. The lowest BCUT2D eigenvalue weighted by Crippen LogP contribution is -2.01. The van der Waals surface area contributed by atoms with Crippen molar-refractivity contribution in [1.82, 2.24) is 0 Å². The molecule has 0 aliphatic rings. The minimum atomic E-state index is -0.882. The third-order valence-corrected chi connectivity index (χ3v) is 3.95. The molecule has 0 saturated carbocycles. The molecule has 100 valence electrons. The van der Waals surface area contributed by atoms with Gasteiger partial charge in [0.1, 0.15) is 0 Å². The van der Waals surface area contributed by atoms with Crippen LogP contribution in [-0.2, 0) is 19.9 Å². The molecule has 0 N–H and O–H groups in total. The molecule has 0 spiro atoms. The van der Waals surface area contributed by atoms with Gasteiger partial charge in [0.2, 0.25) is 0 Å². The van der Waals surface area contributed by atoms with Crippen molar-refractivity contribution in [2.75, 3.05) is 20.3 Å². The predicted octanol–water partition coefficient (Wildman–Crippen LogP) is 3.36. The lowest BCUT2D eigenvalue weighted by Gasteiger charge is -2.15. The molecule has 4 nitrogen and oxygen atoms in total. The van der Waals surface area contributed by atoms with E-state index < -0.39 is 8.38 Å². The van der Waals surface area contributed by atoms with Crippen LogP contribution in [0.5, 0.6) is 0 Å². The van der Waals surface area contributed by atoms with Crippen molar-refractivity contribution in [3.8, 4) is 0 Å². The van der Waals surface area contributed by atoms with Crippen LogP contribution in [0.1, 0.15) is 29.8 Å². The Labute approximate surface area is 109 Å². The van der Waals surface area contributed by atoms with Gasteiger partial charge in [-0.05, 0) is 31.5 Å².